The van der Waals surface area contributed by atoms with Gasteiger partial charge < -0.3 is 10.1 Å². The average Bonchev–Trinajstić information content (AvgIpc) is 2.35. The maximum atomic E-state index is 12.0. The summed E-state index contributed by atoms with van der Waals surface area (Å²) in [6.07, 6.45) is 1.67. The second-order valence-corrected chi connectivity index (χ2v) is 6.19. The molecule has 19 heavy (non-hydrogen) atoms. The van der Waals surface area contributed by atoms with Crippen LogP contribution in [0.4, 0.5) is 8.78 Å². The highest BCUT2D eigenvalue weighted by Crippen LogP contribution is 2.19. The first kappa shape index (κ1) is 16.0. The van der Waals surface area contributed by atoms with E-state index in [4.69, 9.17) is 0 Å². The van der Waals surface area contributed by atoms with E-state index < -0.39 is 17.4 Å². The minimum atomic E-state index is -2.80. The summed E-state index contributed by atoms with van der Waals surface area (Å²) < 4.78 is 39.5. The highest BCUT2D eigenvalue weighted by Gasteiger charge is 2.10. The Morgan fingerprint density at radius 1 is 1.26 bits per heavy atom. The number of halogens is 2. The van der Waals surface area contributed by atoms with Crippen LogP contribution in [0.15, 0.2) is 24.3 Å². The molecular weight excluding hydrogens is 272 g/mol. The summed E-state index contributed by atoms with van der Waals surface area (Å²) in [4.78, 5) is 0. The first-order valence-electron chi connectivity index (χ1n) is 6.00. The van der Waals surface area contributed by atoms with Crippen molar-refractivity contribution in [3.63, 3.8) is 0 Å². The molecule has 0 bridgehead atoms. The van der Waals surface area contributed by atoms with Crippen molar-refractivity contribution < 1.29 is 17.7 Å². The fraction of sp³-hybridized carbons (Fsp3) is 0.538. The number of hydrogen-bond donors (Lipinski definition) is 1. The zero-order chi connectivity index (χ0) is 14.4. The third kappa shape index (κ3) is 5.65. The van der Waals surface area contributed by atoms with Crippen molar-refractivity contribution in [3.8, 4) is 5.75 Å². The lowest BCUT2D eigenvalue weighted by atomic mass is 10.1. The van der Waals surface area contributed by atoms with Gasteiger partial charge in [-0.1, -0.05) is 12.1 Å². The zero-order valence-corrected chi connectivity index (χ0v) is 12.0. The molecule has 0 aliphatic heterocycles. The smallest absolute Gasteiger partial charge is 0.387 e. The molecule has 108 valence electrons. The Balaban J connectivity index is 2.53. The summed E-state index contributed by atoms with van der Waals surface area (Å²) in [5.74, 6) is 0.147. The topological polar surface area (TPSA) is 38.3 Å². The van der Waals surface area contributed by atoms with Crippen molar-refractivity contribution in [2.24, 2.45) is 0 Å². The molecule has 0 heterocycles. The lowest BCUT2D eigenvalue weighted by Gasteiger charge is -2.17. The SMILES string of the molecule is CC(NCC(C)S(C)=O)c1ccc(OC(F)F)cc1. The van der Waals surface area contributed by atoms with Crippen molar-refractivity contribution in [3.05, 3.63) is 29.8 Å². The van der Waals surface area contributed by atoms with Crippen molar-refractivity contribution in [2.75, 3.05) is 12.8 Å². The molecule has 1 aromatic carbocycles. The van der Waals surface area contributed by atoms with Gasteiger partial charge in [-0.3, -0.25) is 4.21 Å². The molecule has 1 aromatic rings. The Bertz CT molecular complexity index is 412. The van der Waals surface area contributed by atoms with Crippen LogP contribution in [0, 0.1) is 0 Å². The quantitative estimate of drug-likeness (QED) is 0.839. The molecular formula is C13H19F2NO2S. The predicted molar refractivity (Wildman–Crippen MR) is 73.0 cm³/mol. The minimum Gasteiger partial charge on any atom is -0.435 e. The van der Waals surface area contributed by atoms with Crippen LogP contribution in [-0.2, 0) is 10.8 Å². The van der Waals surface area contributed by atoms with E-state index in [0.29, 0.717) is 6.54 Å². The standard InChI is InChI=1S/C13H19F2NO2S/c1-9(19(3)17)8-16-10(2)11-4-6-12(7-5-11)18-13(14)15/h4-7,9-10,13,16H,8H2,1-3H3. The average molecular weight is 291 g/mol. The molecule has 1 N–H and O–H groups in total. The van der Waals surface area contributed by atoms with Gasteiger partial charge in [0.1, 0.15) is 5.75 Å². The summed E-state index contributed by atoms with van der Waals surface area (Å²) >= 11 is 0. The molecule has 1 rings (SSSR count). The van der Waals surface area contributed by atoms with Crippen LogP contribution < -0.4 is 10.1 Å². The van der Waals surface area contributed by atoms with Gasteiger partial charge in [-0.2, -0.15) is 8.78 Å². The molecule has 0 fully saturated rings. The van der Waals surface area contributed by atoms with Crippen LogP contribution in [0.5, 0.6) is 5.75 Å². The van der Waals surface area contributed by atoms with Gasteiger partial charge >= 0.3 is 6.61 Å². The van der Waals surface area contributed by atoms with Gasteiger partial charge in [0, 0.05) is 34.9 Å². The number of hydrogen-bond acceptors (Lipinski definition) is 3. The second kappa shape index (κ2) is 7.55. The first-order valence-corrected chi connectivity index (χ1v) is 7.62. The van der Waals surface area contributed by atoms with Crippen molar-refractivity contribution >= 4 is 10.8 Å². The highest BCUT2D eigenvalue weighted by molar-refractivity contribution is 7.84. The van der Waals surface area contributed by atoms with Gasteiger partial charge in [0.15, 0.2) is 0 Å². The Kier molecular flexibility index (Phi) is 6.37. The van der Waals surface area contributed by atoms with Gasteiger partial charge in [-0.05, 0) is 31.5 Å². The Labute approximate surface area is 114 Å². The van der Waals surface area contributed by atoms with E-state index in [0.717, 1.165) is 5.56 Å². The van der Waals surface area contributed by atoms with Crippen LogP contribution in [0.3, 0.4) is 0 Å². The minimum absolute atomic E-state index is 0.0617. The number of ether oxygens (including phenoxy) is 1. The zero-order valence-electron chi connectivity index (χ0n) is 11.2. The monoisotopic (exact) mass is 291 g/mol. The van der Waals surface area contributed by atoms with Crippen LogP contribution in [0.1, 0.15) is 25.5 Å². The molecule has 0 aliphatic rings. The third-order valence-electron chi connectivity index (χ3n) is 2.88. The molecule has 0 saturated heterocycles. The van der Waals surface area contributed by atoms with Crippen LogP contribution >= 0.6 is 0 Å². The van der Waals surface area contributed by atoms with E-state index in [1.54, 1.807) is 18.4 Å². The van der Waals surface area contributed by atoms with Gasteiger partial charge in [-0.15, -0.1) is 0 Å². The summed E-state index contributed by atoms with van der Waals surface area (Å²) in [7, 11) is -0.859. The molecule has 0 radical (unpaired) electrons. The Morgan fingerprint density at radius 3 is 2.32 bits per heavy atom. The van der Waals surface area contributed by atoms with Crippen LogP contribution in [0.2, 0.25) is 0 Å². The highest BCUT2D eigenvalue weighted by atomic mass is 32.2. The third-order valence-corrected chi connectivity index (χ3v) is 4.18. The largest absolute Gasteiger partial charge is 0.435 e. The van der Waals surface area contributed by atoms with Gasteiger partial charge in [0.05, 0.1) is 0 Å². The molecule has 0 aliphatic carbocycles. The molecule has 0 saturated carbocycles. The fourth-order valence-corrected chi connectivity index (χ4v) is 1.85. The van der Waals surface area contributed by atoms with E-state index in [9.17, 15) is 13.0 Å². The van der Waals surface area contributed by atoms with Crippen LogP contribution in [-0.4, -0.2) is 28.9 Å². The number of rotatable bonds is 7. The molecule has 3 unspecified atom stereocenters. The Morgan fingerprint density at radius 2 is 1.84 bits per heavy atom. The van der Waals surface area contributed by atoms with Gasteiger partial charge in [-0.25, -0.2) is 0 Å². The van der Waals surface area contributed by atoms with Crippen molar-refractivity contribution in [1.82, 2.24) is 5.32 Å². The summed E-state index contributed by atoms with van der Waals surface area (Å²) in [6.45, 7) is 1.71. The molecule has 3 atom stereocenters. The lowest BCUT2D eigenvalue weighted by Crippen LogP contribution is -2.29. The maximum absolute atomic E-state index is 12.0. The maximum Gasteiger partial charge on any atom is 0.387 e. The number of alkyl halides is 2. The van der Waals surface area contributed by atoms with E-state index >= 15 is 0 Å². The number of benzene rings is 1. The van der Waals surface area contributed by atoms with E-state index in [1.807, 2.05) is 13.8 Å². The van der Waals surface area contributed by atoms with E-state index in [2.05, 4.69) is 10.1 Å². The number of nitrogens with one attached hydrogen (secondary N) is 1. The summed E-state index contributed by atoms with van der Waals surface area (Å²) in [5, 5.41) is 3.33. The normalized spacial score (nSPS) is 16.1. The fourth-order valence-electron chi connectivity index (χ4n) is 1.52. The van der Waals surface area contributed by atoms with E-state index in [-0.39, 0.29) is 17.0 Å². The summed E-state index contributed by atoms with van der Waals surface area (Å²) in [6, 6.07) is 6.57. The van der Waals surface area contributed by atoms with Crippen LogP contribution in [0.25, 0.3) is 0 Å². The van der Waals surface area contributed by atoms with Crippen molar-refractivity contribution in [1.29, 1.82) is 0 Å². The van der Waals surface area contributed by atoms with Gasteiger partial charge in [0.2, 0.25) is 0 Å². The molecule has 0 aromatic heterocycles. The molecule has 6 heteroatoms. The summed E-state index contributed by atoms with van der Waals surface area (Å²) in [5.41, 5.74) is 0.968. The predicted octanol–water partition coefficient (Wildman–Crippen LogP) is 2.71. The molecule has 0 amide bonds. The molecule has 0 spiro atoms. The molecule has 3 nitrogen and oxygen atoms in total. The second-order valence-electron chi connectivity index (χ2n) is 4.39. The van der Waals surface area contributed by atoms with Gasteiger partial charge in [0.25, 0.3) is 0 Å². The van der Waals surface area contributed by atoms with Crippen molar-refractivity contribution in [2.45, 2.75) is 31.8 Å². The van der Waals surface area contributed by atoms with E-state index in [1.165, 1.54) is 12.1 Å². The Hall–Kier alpha value is -1.01. The lowest BCUT2D eigenvalue weighted by molar-refractivity contribution is -0.0498. The first-order chi connectivity index (χ1) is 8.90.